The second kappa shape index (κ2) is 4.81. The summed E-state index contributed by atoms with van der Waals surface area (Å²) in [7, 11) is 1.63. The van der Waals surface area contributed by atoms with E-state index >= 15 is 0 Å². The van der Waals surface area contributed by atoms with Crippen molar-refractivity contribution in [2.24, 2.45) is 0 Å². The van der Waals surface area contributed by atoms with Crippen molar-refractivity contribution in [2.45, 2.75) is 6.92 Å². The summed E-state index contributed by atoms with van der Waals surface area (Å²) < 4.78 is 7.31. The number of rotatable bonds is 3. The van der Waals surface area contributed by atoms with Crippen molar-refractivity contribution >= 4 is 11.8 Å². The maximum atomic E-state index is 11.2. The van der Waals surface area contributed by atoms with Gasteiger partial charge in [-0.05, 0) is 30.7 Å². The van der Waals surface area contributed by atoms with Gasteiger partial charge >= 0.3 is 0 Å². The Morgan fingerprint density at radius 1 is 1.20 bits per heavy atom. The minimum atomic E-state index is 0.436. The number of carbonyl (C=O) groups is 1. The van der Waals surface area contributed by atoms with Crippen molar-refractivity contribution in [3.63, 3.8) is 0 Å². The van der Waals surface area contributed by atoms with Gasteiger partial charge in [0, 0.05) is 6.20 Å². The second-order valence-corrected chi connectivity index (χ2v) is 4.60. The Hall–Kier alpha value is -2.62. The zero-order chi connectivity index (χ0) is 14.1. The lowest BCUT2D eigenvalue weighted by molar-refractivity contribution is 0.112. The Balaban J connectivity index is 2.36. The molecular weight excluding hydrogens is 252 g/mol. The first-order valence-corrected chi connectivity index (χ1v) is 6.32. The van der Waals surface area contributed by atoms with E-state index in [9.17, 15) is 4.79 Å². The molecule has 0 fully saturated rings. The lowest BCUT2D eigenvalue weighted by Crippen LogP contribution is -1.93. The fraction of sp³-hybridized carbons (Fsp3) is 0.125. The number of hydrogen-bond donors (Lipinski definition) is 0. The lowest BCUT2D eigenvalue weighted by atomic mass is 10.2. The molecule has 3 aromatic rings. The van der Waals surface area contributed by atoms with Crippen molar-refractivity contribution in [3.8, 4) is 17.1 Å². The van der Waals surface area contributed by atoms with Gasteiger partial charge in [0.1, 0.15) is 17.3 Å². The Kier molecular flexibility index (Phi) is 2.99. The van der Waals surface area contributed by atoms with E-state index in [2.05, 4.69) is 4.98 Å². The molecule has 0 bridgehead atoms. The van der Waals surface area contributed by atoms with Crippen molar-refractivity contribution in [1.82, 2.24) is 9.38 Å². The quantitative estimate of drug-likeness (QED) is 0.684. The molecule has 0 aliphatic heterocycles. The number of hydrogen-bond acceptors (Lipinski definition) is 3. The molecule has 0 aliphatic carbocycles. The first kappa shape index (κ1) is 12.4. The molecule has 0 amide bonds. The normalized spacial score (nSPS) is 10.7. The highest BCUT2D eigenvalue weighted by Crippen LogP contribution is 2.30. The zero-order valence-corrected chi connectivity index (χ0v) is 11.3. The number of pyridine rings is 1. The van der Waals surface area contributed by atoms with Crippen LogP contribution in [-0.4, -0.2) is 22.8 Å². The Morgan fingerprint density at radius 2 is 2.00 bits per heavy atom. The van der Waals surface area contributed by atoms with Gasteiger partial charge in [0.2, 0.25) is 0 Å². The highest BCUT2D eigenvalue weighted by atomic mass is 16.5. The molecule has 0 saturated heterocycles. The SMILES string of the molecule is COc1ccccc1-c1nc(C=O)c2ccc(C)cn12. The fourth-order valence-electron chi connectivity index (χ4n) is 2.32. The van der Waals surface area contributed by atoms with Crippen molar-refractivity contribution in [1.29, 1.82) is 0 Å². The van der Waals surface area contributed by atoms with Crippen molar-refractivity contribution in [3.05, 3.63) is 53.9 Å². The molecule has 0 spiro atoms. The van der Waals surface area contributed by atoms with E-state index in [1.807, 2.05) is 53.9 Å². The third kappa shape index (κ3) is 1.86. The summed E-state index contributed by atoms with van der Waals surface area (Å²) in [5, 5.41) is 0. The van der Waals surface area contributed by atoms with Crippen LogP contribution in [0.25, 0.3) is 16.9 Å². The van der Waals surface area contributed by atoms with Gasteiger partial charge in [0.15, 0.2) is 6.29 Å². The number of fused-ring (bicyclic) bond motifs is 1. The summed E-state index contributed by atoms with van der Waals surface area (Å²) in [5.41, 5.74) is 3.20. The topological polar surface area (TPSA) is 43.6 Å². The second-order valence-electron chi connectivity index (χ2n) is 4.60. The number of carbonyl (C=O) groups excluding carboxylic acids is 1. The molecule has 0 aliphatic rings. The predicted molar refractivity (Wildman–Crippen MR) is 77.3 cm³/mol. The molecule has 4 nitrogen and oxygen atoms in total. The van der Waals surface area contributed by atoms with Crippen LogP contribution >= 0.6 is 0 Å². The number of aldehydes is 1. The van der Waals surface area contributed by atoms with Gasteiger partial charge in [-0.2, -0.15) is 0 Å². The molecule has 1 aromatic carbocycles. The molecule has 4 heteroatoms. The minimum Gasteiger partial charge on any atom is -0.496 e. The Labute approximate surface area is 116 Å². The fourth-order valence-corrected chi connectivity index (χ4v) is 2.32. The minimum absolute atomic E-state index is 0.436. The lowest BCUT2D eigenvalue weighted by Gasteiger charge is -2.07. The van der Waals surface area contributed by atoms with Crippen LogP contribution in [0.3, 0.4) is 0 Å². The maximum absolute atomic E-state index is 11.2. The number of ether oxygens (including phenoxy) is 1. The van der Waals surface area contributed by atoms with E-state index in [1.165, 1.54) is 0 Å². The van der Waals surface area contributed by atoms with Crippen LogP contribution in [0.1, 0.15) is 16.1 Å². The summed E-state index contributed by atoms with van der Waals surface area (Å²) in [6.07, 6.45) is 2.75. The standard InChI is InChI=1S/C16H14N2O2/c1-11-7-8-14-13(10-19)17-16(18(14)9-11)12-5-3-4-6-15(12)20-2/h3-10H,1-2H3. The van der Waals surface area contributed by atoms with Crippen LogP contribution in [0.2, 0.25) is 0 Å². The van der Waals surface area contributed by atoms with E-state index in [1.54, 1.807) is 7.11 Å². The summed E-state index contributed by atoms with van der Waals surface area (Å²) in [5.74, 6) is 1.45. The third-order valence-corrected chi connectivity index (χ3v) is 3.27. The molecule has 0 radical (unpaired) electrons. The number of imidazole rings is 1. The number of nitrogens with zero attached hydrogens (tertiary/aromatic N) is 2. The van der Waals surface area contributed by atoms with Gasteiger partial charge in [-0.3, -0.25) is 9.20 Å². The molecule has 0 saturated carbocycles. The smallest absolute Gasteiger partial charge is 0.170 e. The molecule has 100 valence electrons. The molecule has 2 aromatic heterocycles. The number of benzene rings is 1. The van der Waals surface area contributed by atoms with Gasteiger partial charge in [-0.25, -0.2) is 4.98 Å². The zero-order valence-electron chi connectivity index (χ0n) is 11.3. The van der Waals surface area contributed by atoms with Crippen LogP contribution < -0.4 is 4.74 Å². The van der Waals surface area contributed by atoms with Gasteiger partial charge in [-0.15, -0.1) is 0 Å². The first-order valence-electron chi connectivity index (χ1n) is 6.32. The predicted octanol–water partition coefficient (Wildman–Crippen LogP) is 3.13. The maximum Gasteiger partial charge on any atom is 0.170 e. The van der Waals surface area contributed by atoms with E-state index in [0.29, 0.717) is 11.5 Å². The van der Waals surface area contributed by atoms with E-state index in [-0.39, 0.29) is 0 Å². The van der Waals surface area contributed by atoms with E-state index in [4.69, 9.17) is 4.74 Å². The largest absolute Gasteiger partial charge is 0.496 e. The van der Waals surface area contributed by atoms with E-state index in [0.717, 1.165) is 28.7 Å². The molecule has 0 atom stereocenters. The number of aryl methyl sites for hydroxylation is 1. The van der Waals surface area contributed by atoms with Gasteiger partial charge in [0.05, 0.1) is 18.2 Å². The van der Waals surface area contributed by atoms with Gasteiger partial charge < -0.3 is 4.74 Å². The van der Waals surface area contributed by atoms with Crippen LogP contribution in [0.4, 0.5) is 0 Å². The summed E-state index contributed by atoms with van der Waals surface area (Å²) in [6, 6.07) is 11.5. The average Bonchev–Trinajstić information content (AvgIpc) is 2.84. The molecule has 20 heavy (non-hydrogen) atoms. The molecule has 0 unspecified atom stereocenters. The highest BCUT2D eigenvalue weighted by Gasteiger charge is 2.15. The molecule has 3 rings (SSSR count). The molecular formula is C16H14N2O2. The van der Waals surface area contributed by atoms with Crippen molar-refractivity contribution in [2.75, 3.05) is 7.11 Å². The van der Waals surface area contributed by atoms with Crippen LogP contribution in [0.15, 0.2) is 42.6 Å². The van der Waals surface area contributed by atoms with Crippen molar-refractivity contribution < 1.29 is 9.53 Å². The number of para-hydroxylation sites is 1. The van der Waals surface area contributed by atoms with Gasteiger partial charge in [-0.1, -0.05) is 18.2 Å². The Bertz CT molecular complexity index is 790. The van der Waals surface area contributed by atoms with E-state index < -0.39 is 0 Å². The Morgan fingerprint density at radius 3 is 2.75 bits per heavy atom. The molecule has 0 N–H and O–H groups in total. The van der Waals surface area contributed by atoms with Crippen LogP contribution in [0, 0.1) is 6.92 Å². The summed E-state index contributed by atoms with van der Waals surface area (Å²) in [4.78, 5) is 15.6. The highest BCUT2D eigenvalue weighted by molar-refractivity contribution is 5.86. The average molecular weight is 266 g/mol. The number of aromatic nitrogens is 2. The summed E-state index contributed by atoms with van der Waals surface area (Å²) in [6.45, 7) is 2.01. The van der Waals surface area contributed by atoms with Crippen LogP contribution in [0.5, 0.6) is 5.75 Å². The first-order chi connectivity index (χ1) is 9.74. The number of methoxy groups -OCH3 is 1. The summed E-state index contributed by atoms with van der Waals surface area (Å²) >= 11 is 0. The monoisotopic (exact) mass is 266 g/mol. The third-order valence-electron chi connectivity index (χ3n) is 3.27. The molecule has 2 heterocycles. The van der Waals surface area contributed by atoms with Crippen LogP contribution in [-0.2, 0) is 0 Å². The van der Waals surface area contributed by atoms with Gasteiger partial charge in [0.25, 0.3) is 0 Å².